The molecule has 0 bridgehead atoms. The Morgan fingerprint density at radius 2 is 2.20 bits per heavy atom. The Balaban J connectivity index is 2.21. The molecule has 0 saturated heterocycles. The molecule has 10 nitrogen and oxygen atoms in total. The maximum Gasteiger partial charge on any atom is 0.229 e. The predicted molar refractivity (Wildman–Crippen MR) is 112 cm³/mol. The number of halogens is 1. The van der Waals surface area contributed by atoms with E-state index in [4.69, 9.17) is 15.6 Å². The van der Waals surface area contributed by atoms with Gasteiger partial charge in [-0.1, -0.05) is 0 Å². The van der Waals surface area contributed by atoms with Gasteiger partial charge in [-0.05, 0) is 18.2 Å². The summed E-state index contributed by atoms with van der Waals surface area (Å²) in [5, 5.41) is 14.3. The molecule has 30 heavy (non-hydrogen) atoms. The summed E-state index contributed by atoms with van der Waals surface area (Å²) in [4.78, 5) is 11.9. The monoisotopic (exact) mass is 438 g/mol. The minimum atomic E-state index is -3.41. The predicted octanol–water partition coefficient (Wildman–Crippen LogP) is 0.915. The van der Waals surface area contributed by atoms with E-state index in [0.717, 1.165) is 12.5 Å². The summed E-state index contributed by atoms with van der Waals surface area (Å²) in [6.07, 6.45) is 4.68. The lowest BCUT2D eigenvalue weighted by Gasteiger charge is -2.13. The Kier molecular flexibility index (Phi) is 8.07. The molecule has 2 rings (SSSR count). The molecule has 0 amide bonds. The van der Waals surface area contributed by atoms with Gasteiger partial charge in [-0.2, -0.15) is 4.98 Å². The van der Waals surface area contributed by atoms with Crippen LogP contribution in [0.1, 0.15) is 5.56 Å². The number of aromatic nitrogens is 2. The van der Waals surface area contributed by atoms with E-state index in [2.05, 4.69) is 25.6 Å². The van der Waals surface area contributed by atoms with Crippen molar-refractivity contribution in [2.24, 2.45) is 10.7 Å². The number of aliphatic hydroxyl groups excluding tert-OH is 1. The molecule has 0 atom stereocenters. The number of aliphatic imine (C=N–C) groups is 1. The summed E-state index contributed by atoms with van der Waals surface area (Å²) in [5.74, 6) is -0.312. The van der Waals surface area contributed by atoms with Crippen molar-refractivity contribution in [2.45, 2.75) is 11.4 Å². The van der Waals surface area contributed by atoms with Gasteiger partial charge in [0.2, 0.25) is 5.95 Å². The molecule has 1 aromatic heterocycles. The van der Waals surface area contributed by atoms with Crippen molar-refractivity contribution in [3.8, 4) is 5.75 Å². The van der Waals surface area contributed by atoms with Gasteiger partial charge < -0.3 is 26.2 Å². The van der Waals surface area contributed by atoms with Crippen molar-refractivity contribution in [3.05, 3.63) is 47.7 Å². The molecule has 0 aliphatic carbocycles. The summed E-state index contributed by atoms with van der Waals surface area (Å²) in [6.45, 7) is 0.140. The van der Waals surface area contributed by atoms with Crippen LogP contribution in [0.5, 0.6) is 5.75 Å². The number of methoxy groups -OCH3 is 1. The maximum absolute atomic E-state index is 14.2. The number of aliphatic hydroxyl groups is 1. The van der Waals surface area contributed by atoms with Crippen LogP contribution in [0.3, 0.4) is 0 Å². The number of allylic oxidation sites excluding steroid dienone is 1. The lowest BCUT2D eigenvalue weighted by Crippen LogP contribution is -2.11. The molecule has 2 aromatic rings. The maximum atomic E-state index is 14.2. The molecule has 0 radical (unpaired) electrons. The summed E-state index contributed by atoms with van der Waals surface area (Å²) in [7, 11) is -1.96. The first-order valence-corrected chi connectivity index (χ1v) is 10.6. The SMILES string of the molecule is COc1ccc(S(C)(=O)=O)cc1CNc1nc(NC(C=NCCO)=CN)ncc1F. The Bertz CT molecular complexity index is 1040. The Morgan fingerprint density at radius 3 is 2.83 bits per heavy atom. The minimum Gasteiger partial charge on any atom is -0.496 e. The molecule has 1 heterocycles. The van der Waals surface area contributed by atoms with Crippen molar-refractivity contribution in [3.63, 3.8) is 0 Å². The molecule has 162 valence electrons. The number of benzene rings is 1. The van der Waals surface area contributed by atoms with E-state index < -0.39 is 15.7 Å². The number of hydrogen-bond donors (Lipinski definition) is 4. The van der Waals surface area contributed by atoms with Crippen molar-refractivity contribution in [2.75, 3.05) is 37.2 Å². The quantitative estimate of drug-likeness (QED) is 0.397. The van der Waals surface area contributed by atoms with Crippen LogP contribution in [0.25, 0.3) is 0 Å². The van der Waals surface area contributed by atoms with Crippen molar-refractivity contribution < 1.29 is 22.7 Å². The lowest BCUT2D eigenvalue weighted by molar-refractivity contribution is 0.307. The van der Waals surface area contributed by atoms with Crippen molar-refractivity contribution >= 4 is 27.8 Å². The molecule has 1 aromatic carbocycles. The van der Waals surface area contributed by atoms with E-state index in [0.29, 0.717) is 17.0 Å². The molecule has 12 heteroatoms. The molecule has 0 unspecified atom stereocenters. The summed E-state index contributed by atoms with van der Waals surface area (Å²) in [5.41, 5.74) is 6.36. The molecule has 0 fully saturated rings. The van der Waals surface area contributed by atoms with Gasteiger partial charge in [-0.3, -0.25) is 4.99 Å². The number of anilines is 2. The van der Waals surface area contributed by atoms with Crippen LogP contribution >= 0.6 is 0 Å². The summed E-state index contributed by atoms with van der Waals surface area (Å²) >= 11 is 0. The lowest BCUT2D eigenvalue weighted by atomic mass is 10.2. The minimum absolute atomic E-state index is 0.0530. The zero-order valence-electron chi connectivity index (χ0n) is 16.5. The number of rotatable bonds is 10. The first-order chi connectivity index (χ1) is 14.3. The molecule has 0 aliphatic heterocycles. The van der Waals surface area contributed by atoms with Crippen molar-refractivity contribution in [1.29, 1.82) is 0 Å². The highest BCUT2D eigenvalue weighted by Gasteiger charge is 2.13. The van der Waals surface area contributed by atoms with Gasteiger partial charge >= 0.3 is 0 Å². The fraction of sp³-hybridized carbons (Fsp3) is 0.278. The number of ether oxygens (including phenoxy) is 1. The van der Waals surface area contributed by atoms with Gasteiger partial charge in [0.05, 0.1) is 37.1 Å². The molecule has 0 aliphatic rings. The number of hydrogen-bond acceptors (Lipinski definition) is 10. The van der Waals surface area contributed by atoms with Crippen LogP contribution in [0.15, 0.2) is 46.2 Å². The molecule has 5 N–H and O–H groups in total. The molecule has 0 spiro atoms. The van der Waals surface area contributed by atoms with E-state index in [9.17, 15) is 12.8 Å². The smallest absolute Gasteiger partial charge is 0.229 e. The third-order valence-electron chi connectivity index (χ3n) is 3.77. The van der Waals surface area contributed by atoms with Crippen LogP contribution in [0, 0.1) is 5.82 Å². The first-order valence-electron chi connectivity index (χ1n) is 8.71. The third kappa shape index (κ3) is 6.39. The van der Waals surface area contributed by atoms with Crippen LogP contribution < -0.4 is 21.1 Å². The number of sulfone groups is 1. The van der Waals surface area contributed by atoms with Crippen LogP contribution in [0.4, 0.5) is 16.2 Å². The Labute approximate surface area is 173 Å². The number of nitrogens with zero attached hydrogens (tertiary/aromatic N) is 3. The average molecular weight is 438 g/mol. The van der Waals surface area contributed by atoms with E-state index in [1.54, 1.807) is 0 Å². The average Bonchev–Trinajstić information content (AvgIpc) is 2.72. The second kappa shape index (κ2) is 10.5. The van der Waals surface area contributed by atoms with Crippen LogP contribution in [-0.2, 0) is 16.4 Å². The fourth-order valence-corrected chi connectivity index (χ4v) is 2.99. The van der Waals surface area contributed by atoms with E-state index >= 15 is 0 Å². The number of nitrogens with two attached hydrogens (primary N) is 1. The molecular formula is C18H23FN6O4S. The highest BCUT2D eigenvalue weighted by atomic mass is 32.2. The van der Waals surface area contributed by atoms with Gasteiger partial charge in [-0.15, -0.1) is 0 Å². The Morgan fingerprint density at radius 1 is 1.43 bits per heavy atom. The fourth-order valence-electron chi connectivity index (χ4n) is 2.32. The highest BCUT2D eigenvalue weighted by Crippen LogP contribution is 2.24. The van der Waals surface area contributed by atoms with Gasteiger partial charge in [0.1, 0.15) is 5.75 Å². The molecular weight excluding hydrogens is 415 g/mol. The topological polar surface area (TPSA) is 152 Å². The zero-order chi connectivity index (χ0) is 22.1. The largest absolute Gasteiger partial charge is 0.496 e. The van der Waals surface area contributed by atoms with E-state index in [1.807, 2.05) is 0 Å². The second-order valence-electron chi connectivity index (χ2n) is 6.00. The summed E-state index contributed by atoms with van der Waals surface area (Å²) in [6, 6.07) is 4.41. The zero-order valence-corrected chi connectivity index (χ0v) is 17.3. The van der Waals surface area contributed by atoms with E-state index in [1.165, 1.54) is 37.7 Å². The molecule has 0 saturated carbocycles. The normalized spacial score (nSPS) is 12.2. The number of nitrogens with one attached hydrogen (secondary N) is 2. The highest BCUT2D eigenvalue weighted by molar-refractivity contribution is 7.90. The summed E-state index contributed by atoms with van der Waals surface area (Å²) < 4.78 is 43.0. The van der Waals surface area contributed by atoms with Gasteiger partial charge in [0.15, 0.2) is 21.5 Å². The first kappa shape index (κ1) is 23.0. The Hall–Kier alpha value is -3.25. The van der Waals surface area contributed by atoms with E-state index in [-0.39, 0.29) is 36.4 Å². The van der Waals surface area contributed by atoms with Gasteiger partial charge in [0.25, 0.3) is 0 Å². The van der Waals surface area contributed by atoms with Crippen LogP contribution in [-0.4, -0.2) is 56.2 Å². The van der Waals surface area contributed by atoms with Crippen LogP contribution in [0.2, 0.25) is 0 Å². The second-order valence-corrected chi connectivity index (χ2v) is 8.01. The van der Waals surface area contributed by atoms with Crippen molar-refractivity contribution in [1.82, 2.24) is 9.97 Å². The van der Waals surface area contributed by atoms with Gasteiger partial charge in [-0.25, -0.2) is 17.8 Å². The standard InChI is InChI=1S/C18H23FN6O4S/c1-29-16-4-3-14(30(2,27)28)7-12(16)9-22-17-15(19)11-23-18(25-17)24-13(8-20)10-21-5-6-26/h3-4,7-8,10-11,26H,5-6,9,20H2,1-2H3,(H2,22,23,24,25). The third-order valence-corrected chi connectivity index (χ3v) is 4.88. The van der Waals surface area contributed by atoms with Gasteiger partial charge in [0, 0.05) is 30.8 Å².